The highest BCUT2D eigenvalue weighted by Gasteiger charge is 2.35. The van der Waals surface area contributed by atoms with Gasteiger partial charge in [-0.25, -0.2) is 4.39 Å². The highest BCUT2D eigenvalue weighted by molar-refractivity contribution is 5.94. The van der Waals surface area contributed by atoms with Gasteiger partial charge in [0.25, 0.3) is 5.91 Å². The Balaban J connectivity index is 2.33. The number of benzene rings is 1. The summed E-state index contributed by atoms with van der Waals surface area (Å²) in [6.07, 6.45) is -3.27. The first-order valence-corrected chi connectivity index (χ1v) is 7.81. The number of aromatic nitrogens is 1. The molecule has 0 saturated heterocycles. The van der Waals surface area contributed by atoms with Crippen molar-refractivity contribution >= 4 is 5.91 Å². The zero-order valence-corrected chi connectivity index (χ0v) is 14.3. The number of ether oxygens (including phenoxy) is 1. The Bertz CT molecular complexity index is 833. The number of amides is 1. The average Bonchev–Trinajstić information content (AvgIpc) is 2.67. The van der Waals surface area contributed by atoms with Crippen molar-refractivity contribution in [2.45, 2.75) is 6.18 Å². The molecule has 1 aromatic carbocycles. The van der Waals surface area contributed by atoms with Crippen LogP contribution in [0.3, 0.4) is 0 Å². The molecule has 0 aliphatic rings. The second-order valence-electron chi connectivity index (χ2n) is 5.48. The SMILES string of the molecule is CNC(=O)c1cnc(-c2ccc(OC/C(=C/F)CN)cc2)c(C(F)(F)F)c1. The number of alkyl halides is 3. The molecule has 27 heavy (non-hydrogen) atoms. The van der Waals surface area contributed by atoms with E-state index in [1.807, 2.05) is 0 Å². The molecule has 0 radical (unpaired) electrons. The number of nitrogens with zero attached hydrogens (tertiary/aromatic N) is 1. The van der Waals surface area contributed by atoms with Crippen LogP contribution in [0.25, 0.3) is 11.3 Å². The molecule has 144 valence electrons. The number of carbonyl (C=O) groups excluding carboxylic acids is 1. The van der Waals surface area contributed by atoms with E-state index >= 15 is 0 Å². The van der Waals surface area contributed by atoms with Gasteiger partial charge in [-0.3, -0.25) is 9.78 Å². The molecule has 2 rings (SSSR count). The second-order valence-corrected chi connectivity index (χ2v) is 5.48. The molecule has 9 heteroatoms. The first-order chi connectivity index (χ1) is 12.8. The van der Waals surface area contributed by atoms with Gasteiger partial charge < -0.3 is 15.8 Å². The van der Waals surface area contributed by atoms with Crippen LogP contribution in [-0.2, 0) is 6.18 Å². The monoisotopic (exact) mass is 383 g/mol. The molecule has 1 heterocycles. The van der Waals surface area contributed by atoms with Gasteiger partial charge >= 0.3 is 6.18 Å². The Morgan fingerprint density at radius 2 is 1.96 bits per heavy atom. The molecule has 0 aliphatic carbocycles. The van der Waals surface area contributed by atoms with E-state index in [4.69, 9.17) is 10.5 Å². The van der Waals surface area contributed by atoms with Crippen molar-refractivity contribution in [1.29, 1.82) is 0 Å². The van der Waals surface area contributed by atoms with Crippen LogP contribution < -0.4 is 15.8 Å². The van der Waals surface area contributed by atoms with E-state index in [0.717, 1.165) is 12.3 Å². The van der Waals surface area contributed by atoms with Crippen molar-refractivity contribution in [3.63, 3.8) is 0 Å². The van der Waals surface area contributed by atoms with Gasteiger partial charge in [0, 0.05) is 30.9 Å². The molecule has 0 saturated carbocycles. The Morgan fingerprint density at radius 1 is 1.30 bits per heavy atom. The van der Waals surface area contributed by atoms with Gasteiger partial charge in [-0.1, -0.05) is 0 Å². The number of rotatable bonds is 6. The molecule has 5 nitrogen and oxygen atoms in total. The standard InChI is InChI=1S/C18H17F4N3O2/c1-24-17(26)13-6-15(18(20,21)22)16(25-9-13)12-2-4-14(5-3-12)27-10-11(7-19)8-23/h2-7,9H,8,10,23H2,1H3,(H,24,26)/b11-7+. The van der Waals surface area contributed by atoms with Gasteiger partial charge in [0.05, 0.1) is 23.2 Å². The van der Waals surface area contributed by atoms with Crippen molar-refractivity contribution in [3.05, 3.63) is 59.6 Å². The molecule has 0 fully saturated rings. The zero-order valence-electron chi connectivity index (χ0n) is 14.3. The summed E-state index contributed by atoms with van der Waals surface area (Å²) < 4.78 is 58.0. The van der Waals surface area contributed by atoms with E-state index in [2.05, 4.69) is 10.3 Å². The molecular formula is C18H17F4N3O2. The largest absolute Gasteiger partial charge is 0.489 e. The summed E-state index contributed by atoms with van der Waals surface area (Å²) in [5.41, 5.74) is 4.22. The van der Waals surface area contributed by atoms with Crippen LogP contribution in [0.15, 0.2) is 48.4 Å². The van der Waals surface area contributed by atoms with E-state index in [1.165, 1.54) is 31.3 Å². The Hall–Kier alpha value is -2.94. The summed E-state index contributed by atoms with van der Waals surface area (Å²) in [5, 5.41) is 2.26. The molecule has 1 amide bonds. The molecule has 0 unspecified atom stereocenters. The Morgan fingerprint density at radius 3 is 2.48 bits per heavy atom. The number of nitrogens with two attached hydrogens (primary N) is 1. The number of nitrogens with one attached hydrogen (secondary N) is 1. The first kappa shape index (κ1) is 20.4. The highest BCUT2D eigenvalue weighted by atomic mass is 19.4. The molecular weight excluding hydrogens is 366 g/mol. The maximum atomic E-state index is 13.4. The van der Waals surface area contributed by atoms with Crippen LogP contribution in [0.1, 0.15) is 15.9 Å². The minimum Gasteiger partial charge on any atom is -0.489 e. The molecule has 0 atom stereocenters. The van der Waals surface area contributed by atoms with Crippen molar-refractivity contribution in [1.82, 2.24) is 10.3 Å². The first-order valence-electron chi connectivity index (χ1n) is 7.81. The van der Waals surface area contributed by atoms with Crippen molar-refractivity contribution in [2.24, 2.45) is 5.73 Å². The van der Waals surface area contributed by atoms with Crippen molar-refractivity contribution < 1.29 is 27.1 Å². The topological polar surface area (TPSA) is 77.2 Å². The van der Waals surface area contributed by atoms with Crippen molar-refractivity contribution in [3.8, 4) is 17.0 Å². The Labute approximate surface area is 152 Å². The smallest absolute Gasteiger partial charge is 0.418 e. The van der Waals surface area contributed by atoms with Gasteiger partial charge in [0.2, 0.25) is 0 Å². The van der Waals surface area contributed by atoms with Crippen LogP contribution in [0.5, 0.6) is 5.75 Å². The molecule has 3 N–H and O–H groups in total. The van der Waals surface area contributed by atoms with Crippen LogP contribution >= 0.6 is 0 Å². The Kier molecular flexibility index (Phi) is 6.51. The number of hydrogen-bond donors (Lipinski definition) is 2. The average molecular weight is 383 g/mol. The molecule has 0 aliphatic heterocycles. The maximum Gasteiger partial charge on any atom is 0.418 e. The van der Waals surface area contributed by atoms with Gasteiger partial charge in [0.1, 0.15) is 12.4 Å². The third-order valence-electron chi connectivity index (χ3n) is 3.65. The van der Waals surface area contributed by atoms with Crippen molar-refractivity contribution in [2.75, 3.05) is 20.2 Å². The minimum atomic E-state index is -4.69. The van der Waals surface area contributed by atoms with E-state index in [0.29, 0.717) is 12.1 Å². The van der Waals surface area contributed by atoms with Crippen LogP contribution in [0.2, 0.25) is 0 Å². The summed E-state index contributed by atoms with van der Waals surface area (Å²) >= 11 is 0. The van der Waals surface area contributed by atoms with E-state index in [1.54, 1.807) is 0 Å². The number of pyridine rings is 1. The maximum absolute atomic E-state index is 13.4. The molecule has 0 bridgehead atoms. The third-order valence-corrected chi connectivity index (χ3v) is 3.65. The van der Waals surface area contributed by atoms with Gasteiger partial charge in [-0.2, -0.15) is 13.2 Å². The van der Waals surface area contributed by atoms with Crippen LogP contribution in [0, 0.1) is 0 Å². The summed E-state index contributed by atoms with van der Waals surface area (Å²) in [6, 6.07) is 6.43. The fraction of sp³-hybridized carbons (Fsp3) is 0.222. The predicted molar refractivity (Wildman–Crippen MR) is 91.8 cm³/mol. The molecule has 1 aromatic heterocycles. The van der Waals surface area contributed by atoms with Gasteiger partial charge in [-0.15, -0.1) is 0 Å². The minimum absolute atomic E-state index is 0.00880. The third kappa shape index (κ3) is 5.04. The van der Waals surface area contributed by atoms with Gasteiger partial charge in [-0.05, 0) is 30.3 Å². The van der Waals surface area contributed by atoms with E-state index in [9.17, 15) is 22.4 Å². The summed E-state index contributed by atoms with van der Waals surface area (Å²) in [5.74, 6) is -0.331. The summed E-state index contributed by atoms with van der Waals surface area (Å²) in [7, 11) is 1.32. The normalized spacial score (nSPS) is 12.0. The van der Waals surface area contributed by atoms with E-state index in [-0.39, 0.29) is 35.5 Å². The van der Waals surface area contributed by atoms with Crippen LogP contribution in [0.4, 0.5) is 17.6 Å². The fourth-order valence-corrected chi connectivity index (χ4v) is 2.20. The zero-order chi connectivity index (χ0) is 20.0. The number of hydrogen-bond acceptors (Lipinski definition) is 4. The van der Waals surface area contributed by atoms with E-state index < -0.39 is 17.6 Å². The lowest BCUT2D eigenvalue weighted by atomic mass is 10.0. The number of carbonyl (C=O) groups is 1. The lowest BCUT2D eigenvalue weighted by molar-refractivity contribution is -0.137. The second kappa shape index (κ2) is 8.63. The molecule has 0 spiro atoms. The highest BCUT2D eigenvalue weighted by Crippen LogP contribution is 2.36. The quantitative estimate of drug-likeness (QED) is 0.751. The lowest BCUT2D eigenvalue weighted by Gasteiger charge is -2.14. The lowest BCUT2D eigenvalue weighted by Crippen LogP contribution is -2.19. The fourth-order valence-electron chi connectivity index (χ4n) is 2.20. The van der Waals surface area contributed by atoms with Gasteiger partial charge in [0.15, 0.2) is 0 Å². The summed E-state index contributed by atoms with van der Waals surface area (Å²) in [6.45, 7) is -0.0790. The van der Waals surface area contributed by atoms with Crippen LogP contribution in [-0.4, -0.2) is 31.1 Å². The number of halogens is 4. The molecule has 2 aromatic rings. The predicted octanol–water partition coefficient (Wildman–Crippen LogP) is 3.32. The summed E-state index contributed by atoms with van der Waals surface area (Å²) in [4.78, 5) is 15.4.